The van der Waals surface area contributed by atoms with E-state index >= 15 is 0 Å². The van der Waals surface area contributed by atoms with Gasteiger partial charge >= 0.3 is 5.97 Å². The highest BCUT2D eigenvalue weighted by molar-refractivity contribution is 9.14. The van der Waals surface area contributed by atoms with Crippen molar-refractivity contribution in [2.45, 2.75) is 58.3 Å². The van der Waals surface area contributed by atoms with E-state index in [2.05, 4.69) is 54.7 Å². The molecule has 136 valence electrons. The summed E-state index contributed by atoms with van der Waals surface area (Å²) in [6, 6.07) is 0. The molecule has 24 heavy (non-hydrogen) atoms. The molecule has 1 aromatic carbocycles. The Morgan fingerprint density at radius 1 is 0.917 bits per heavy atom. The van der Waals surface area contributed by atoms with Gasteiger partial charge in [-0.25, -0.2) is 4.79 Å². The van der Waals surface area contributed by atoms with Crippen molar-refractivity contribution < 1.29 is 19.7 Å². The van der Waals surface area contributed by atoms with Crippen LogP contribution in [0.25, 0.3) is 0 Å². The van der Waals surface area contributed by atoms with E-state index in [1.807, 2.05) is 0 Å². The summed E-state index contributed by atoms with van der Waals surface area (Å²) >= 11 is 9.80. The van der Waals surface area contributed by atoms with Gasteiger partial charge in [-0.1, -0.05) is 51.9 Å². The predicted octanol–water partition coefficient (Wildman–Crippen LogP) is 6.90. The van der Waals surface area contributed by atoms with Crippen LogP contribution in [0, 0.1) is 0 Å². The van der Waals surface area contributed by atoms with E-state index in [0.29, 0.717) is 15.6 Å². The number of hydrogen-bond acceptors (Lipinski definition) is 3. The molecule has 0 aliphatic carbocycles. The maximum atomic E-state index is 11.3. The third-order valence-electron chi connectivity index (χ3n) is 3.71. The SMILES string of the molecule is CCCCCCCCCCOc1c(O)c(C(=O)O)c(Br)c(Br)c1Br. The maximum Gasteiger partial charge on any atom is 0.340 e. The molecule has 0 unspecified atom stereocenters. The molecule has 0 spiro atoms. The topological polar surface area (TPSA) is 66.8 Å². The molecule has 0 radical (unpaired) electrons. The fourth-order valence-corrected chi connectivity index (χ4v) is 4.06. The van der Waals surface area contributed by atoms with Gasteiger partial charge in [0.05, 0.1) is 20.0 Å². The molecule has 1 rings (SSSR count). The summed E-state index contributed by atoms with van der Waals surface area (Å²) in [5.74, 6) is -1.43. The van der Waals surface area contributed by atoms with Crippen LogP contribution in [0.15, 0.2) is 13.4 Å². The van der Waals surface area contributed by atoms with Gasteiger partial charge in [0.2, 0.25) is 0 Å². The Labute approximate surface area is 168 Å². The zero-order chi connectivity index (χ0) is 18.1. The number of ether oxygens (including phenoxy) is 1. The first-order valence-electron chi connectivity index (χ1n) is 8.17. The van der Waals surface area contributed by atoms with Crippen LogP contribution in [-0.2, 0) is 0 Å². The van der Waals surface area contributed by atoms with Crippen LogP contribution >= 0.6 is 47.8 Å². The first-order chi connectivity index (χ1) is 11.4. The average Bonchev–Trinajstić information content (AvgIpc) is 2.53. The number of carboxylic acids is 1. The van der Waals surface area contributed by atoms with Gasteiger partial charge in [0.15, 0.2) is 11.5 Å². The molecule has 0 heterocycles. The van der Waals surface area contributed by atoms with E-state index < -0.39 is 5.97 Å². The number of hydrogen-bond donors (Lipinski definition) is 2. The van der Waals surface area contributed by atoms with Crippen molar-refractivity contribution in [1.82, 2.24) is 0 Å². The minimum Gasteiger partial charge on any atom is -0.504 e. The zero-order valence-electron chi connectivity index (χ0n) is 13.7. The van der Waals surface area contributed by atoms with Gasteiger partial charge in [-0.2, -0.15) is 0 Å². The van der Waals surface area contributed by atoms with E-state index in [4.69, 9.17) is 4.74 Å². The summed E-state index contributed by atoms with van der Waals surface area (Å²) in [6.07, 6.45) is 9.49. The number of phenols is 1. The lowest BCUT2D eigenvalue weighted by Gasteiger charge is -2.15. The average molecular weight is 531 g/mol. The van der Waals surface area contributed by atoms with Crippen LogP contribution in [0.5, 0.6) is 11.5 Å². The Kier molecular flexibility index (Phi) is 10.3. The highest BCUT2D eigenvalue weighted by Crippen LogP contribution is 2.47. The van der Waals surface area contributed by atoms with Crippen LogP contribution in [-0.4, -0.2) is 22.8 Å². The van der Waals surface area contributed by atoms with Crippen molar-refractivity contribution in [2.75, 3.05) is 6.61 Å². The monoisotopic (exact) mass is 528 g/mol. The summed E-state index contributed by atoms with van der Waals surface area (Å²) in [6.45, 7) is 2.65. The number of carboxylic acid groups (broad SMARTS) is 1. The lowest BCUT2D eigenvalue weighted by atomic mass is 10.1. The summed E-state index contributed by atoms with van der Waals surface area (Å²) in [7, 11) is 0. The van der Waals surface area contributed by atoms with Gasteiger partial charge in [0.1, 0.15) is 5.56 Å². The smallest absolute Gasteiger partial charge is 0.340 e. The normalized spacial score (nSPS) is 10.8. The molecule has 2 N–H and O–H groups in total. The van der Waals surface area contributed by atoms with Crippen molar-refractivity contribution in [3.63, 3.8) is 0 Å². The van der Waals surface area contributed by atoms with Crippen LogP contribution in [0.3, 0.4) is 0 Å². The molecule has 0 amide bonds. The van der Waals surface area contributed by atoms with Gasteiger partial charge in [0, 0.05) is 0 Å². The zero-order valence-corrected chi connectivity index (χ0v) is 18.5. The molecule has 0 saturated heterocycles. The van der Waals surface area contributed by atoms with Crippen molar-refractivity contribution in [3.05, 3.63) is 19.0 Å². The van der Waals surface area contributed by atoms with E-state index in [9.17, 15) is 15.0 Å². The molecular weight excluding hydrogens is 508 g/mol. The second-order valence-electron chi connectivity index (χ2n) is 5.62. The van der Waals surface area contributed by atoms with Crippen LogP contribution in [0.2, 0.25) is 0 Å². The largest absolute Gasteiger partial charge is 0.504 e. The van der Waals surface area contributed by atoms with E-state index in [1.165, 1.54) is 38.5 Å². The summed E-state index contributed by atoms with van der Waals surface area (Å²) < 4.78 is 6.91. The van der Waals surface area contributed by atoms with Crippen LogP contribution < -0.4 is 4.74 Å². The van der Waals surface area contributed by atoms with Crippen molar-refractivity contribution in [3.8, 4) is 11.5 Å². The minimum atomic E-state index is -1.22. The Bertz CT molecular complexity index is 562. The van der Waals surface area contributed by atoms with Gasteiger partial charge in [-0.3, -0.25) is 0 Å². The van der Waals surface area contributed by atoms with E-state index in [1.54, 1.807) is 0 Å². The summed E-state index contributed by atoms with van der Waals surface area (Å²) in [5, 5.41) is 19.4. The first kappa shape index (κ1) is 21.8. The van der Waals surface area contributed by atoms with Gasteiger partial charge in [0.25, 0.3) is 0 Å². The highest BCUT2D eigenvalue weighted by atomic mass is 79.9. The van der Waals surface area contributed by atoms with Gasteiger partial charge < -0.3 is 14.9 Å². The first-order valence-corrected chi connectivity index (χ1v) is 10.5. The summed E-state index contributed by atoms with van der Waals surface area (Å²) in [4.78, 5) is 11.3. The van der Waals surface area contributed by atoms with Crippen molar-refractivity contribution in [2.24, 2.45) is 0 Å². The minimum absolute atomic E-state index is 0.158. The third kappa shape index (κ3) is 6.23. The number of carbonyl (C=O) groups is 1. The standard InChI is InChI=1S/C17H23Br3O4/c1-2-3-4-5-6-7-8-9-10-24-16-14(20)13(19)12(18)11(15(16)21)17(22)23/h21H,2-10H2,1H3,(H,22,23). The third-order valence-corrected chi connectivity index (χ3v) is 7.12. The second-order valence-corrected chi connectivity index (χ2v) is 8.00. The van der Waals surface area contributed by atoms with Gasteiger partial charge in [-0.05, 0) is 54.2 Å². The van der Waals surface area contributed by atoms with Gasteiger partial charge in [-0.15, -0.1) is 0 Å². The Hall–Kier alpha value is -0.270. The molecule has 0 bridgehead atoms. The van der Waals surface area contributed by atoms with Crippen molar-refractivity contribution >= 4 is 53.8 Å². The number of aromatic hydroxyl groups is 1. The lowest BCUT2D eigenvalue weighted by molar-refractivity contribution is 0.0691. The summed E-state index contributed by atoms with van der Waals surface area (Å²) in [5.41, 5.74) is -0.212. The Morgan fingerprint density at radius 3 is 2.00 bits per heavy atom. The molecule has 0 aliphatic heterocycles. The molecule has 4 nitrogen and oxygen atoms in total. The number of aromatic carboxylic acids is 1. The van der Waals surface area contributed by atoms with Crippen molar-refractivity contribution in [1.29, 1.82) is 0 Å². The van der Waals surface area contributed by atoms with E-state index in [-0.39, 0.29) is 21.5 Å². The second kappa shape index (κ2) is 11.4. The molecule has 0 saturated carbocycles. The Morgan fingerprint density at radius 2 is 1.46 bits per heavy atom. The molecule has 1 aromatic rings. The molecule has 0 atom stereocenters. The lowest BCUT2D eigenvalue weighted by Crippen LogP contribution is -2.04. The Balaban J connectivity index is 2.52. The molecule has 0 aliphatic rings. The van der Waals surface area contributed by atoms with E-state index in [0.717, 1.165) is 12.8 Å². The fourth-order valence-electron chi connectivity index (χ4n) is 2.36. The highest BCUT2D eigenvalue weighted by Gasteiger charge is 2.25. The maximum absolute atomic E-state index is 11.3. The molecular formula is C17H23Br3O4. The molecule has 0 fully saturated rings. The fraction of sp³-hybridized carbons (Fsp3) is 0.588. The quantitative estimate of drug-likeness (QED) is 0.241. The number of halogens is 3. The van der Waals surface area contributed by atoms with Crippen LogP contribution in [0.1, 0.15) is 68.6 Å². The van der Waals surface area contributed by atoms with Crippen LogP contribution in [0.4, 0.5) is 0 Å². The number of unbranched alkanes of at least 4 members (excludes halogenated alkanes) is 7. The number of rotatable bonds is 11. The number of benzene rings is 1. The molecule has 7 heteroatoms. The predicted molar refractivity (Wildman–Crippen MR) is 106 cm³/mol. The molecule has 0 aromatic heterocycles.